The smallest absolute Gasteiger partial charge is 0.178 e. The van der Waals surface area contributed by atoms with Crippen molar-refractivity contribution in [3.63, 3.8) is 0 Å². The average molecular weight is 221 g/mol. The fourth-order valence-electron chi connectivity index (χ4n) is 0.926. The zero-order valence-electron chi connectivity index (χ0n) is 5.64. The van der Waals surface area contributed by atoms with Crippen LogP contribution >= 0.6 is 34.3 Å². The molecule has 0 atom stereocenters. The van der Waals surface area contributed by atoms with Gasteiger partial charge in [-0.15, -0.1) is 22.7 Å². The summed E-state index contributed by atoms with van der Waals surface area (Å²) in [5.74, 6) is 0. The average Bonchev–Trinajstić information content (AvgIpc) is 2.51. The Morgan fingerprint density at radius 3 is 2.83 bits per heavy atom. The Kier molecular flexibility index (Phi) is 1.90. The summed E-state index contributed by atoms with van der Waals surface area (Å²) in [4.78, 5) is 10.9. The van der Waals surface area contributed by atoms with Gasteiger partial charge >= 0.3 is 0 Å². The number of hydrogen-bond donors (Lipinski definition) is 0. The highest BCUT2D eigenvalue weighted by Gasteiger charge is 2.12. The lowest BCUT2D eigenvalue weighted by atomic mass is 10.4. The van der Waals surface area contributed by atoms with Gasteiger partial charge in [-0.3, -0.25) is 4.79 Å². The van der Waals surface area contributed by atoms with Crippen LogP contribution in [0.15, 0.2) is 6.07 Å². The van der Waals surface area contributed by atoms with Gasteiger partial charge in [0.15, 0.2) is 11.4 Å². The van der Waals surface area contributed by atoms with E-state index in [4.69, 9.17) is 11.6 Å². The molecule has 5 heteroatoms. The first-order valence-corrected chi connectivity index (χ1v) is 5.06. The number of thiophene rings is 2. The van der Waals surface area contributed by atoms with E-state index in [0.717, 1.165) is 16.0 Å². The molecule has 0 aliphatic carbocycles. The molecular formula is C7H2ClFOS2. The molecule has 2 heterocycles. The van der Waals surface area contributed by atoms with E-state index in [-0.39, 0.29) is 5.13 Å². The van der Waals surface area contributed by atoms with Crippen molar-refractivity contribution < 1.29 is 9.18 Å². The van der Waals surface area contributed by atoms with Crippen molar-refractivity contribution in [1.82, 2.24) is 0 Å². The van der Waals surface area contributed by atoms with Crippen molar-refractivity contribution in [2.24, 2.45) is 0 Å². The maximum atomic E-state index is 12.6. The predicted octanol–water partition coefficient (Wildman–Crippen LogP) is 3.57. The fraction of sp³-hybridized carbons (Fsp3) is 0. The molecule has 2 aromatic rings. The summed E-state index contributed by atoms with van der Waals surface area (Å²) in [6.07, 6.45) is 0.692. The Morgan fingerprint density at radius 1 is 1.50 bits per heavy atom. The van der Waals surface area contributed by atoms with Gasteiger partial charge in [0.05, 0.1) is 19.3 Å². The van der Waals surface area contributed by atoms with Crippen LogP contribution in [0.4, 0.5) is 4.39 Å². The van der Waals surface area contributed by atoms with E-state index < -0.39 is 0 Å². The third-order valence-corrected chi connectivity index (χ3v) is 4.16. The number of rotatable bonds is 1. The molecule has 0 radical (unpaired) electrons. The summed E-state index contributed by atoms with van der Waals surface area (Å²) in [5.41, 5.74) is 0. The van der Waals surface area contributed by atoms with Gasteiger partial charge in [-0.05, 0) is 0 Å². The van der Waals surface area contributed by atoms with Gasteiger partial charge in [-0.25, -0.2) is 0 Å². The van der Waals surface area contributed by atoms with Gasteiger partial charge < -0.3 is 0 Å². The summed E-state index contributed by atoms with van der Waals surface area (Å²) in [6.45, 7) is 0. The van der Waals surface area contributed by atoms with E-state index in [2.05, 4.69) is 0 Å². The summed E-state index contributed by atoms with van der Waals surface area (Å²) < 4.78 is 14.1. The Labute approximate surface area is 80.4 Å². The van der Waals surface area contributed by atoms with Gasteiger partial charge in [-0.2, -0.15) is 4.39 Å². The summed E-state index contributed by atoms with van der Waals surface area (Å²) >= 11 is 7.98. The van der Waals surface area contributed by atoms with Gasteiger partial charge in [0.2, 0.25) is 0 Å². The highest BCUT2D eigenvalue weighted by molar-refractivity contribution is 7.29. The molecule has 12 heavy (non-hydrogen) atoms. The summed E-state index contributed by atoms with van der Waals surface area (Å²) in [7, 11) is 0. The largest absolute Gasteiger partial charge is 0.297 e. The van der Waals surface area contributed by atoms with E-state index in [0.29, 0.717) is 20.9 Å². The molecule has 0 spiro atoms. The molecule has 0 bridgehead atoms. The van der Waals surface area contributed by atoms with E-state index >= 15 is 0 Å². The lowest BCUT2D eigenvalue weighted by molar-refractivity contribution is 0.112. The Morgan fingerprint density at radius 2 is 2.25 bits per heavy atom. The zero-order chi connectivity index (χ0) is 8.72. The van der Waals surface area contributed by atoms with Crippen LogP contribution in [0.3, 0.4) is 0 Å². The number of aldehydes is 1. The number of halogens is 2. The first kappa shape index (κ1) is 8.16. The number of fused-ring (bicyclic) bond motifs is 1. The molecule has 62 valence electrons. The van der Waals surface area contributed by atoms with Crippen molar-refractivity contribution in [3.05, 3.63) is 21.1 Å². The minimum Gasteiger partial charge on any atom is -0.297 e. The van der Waals surface area contributed by atoms with Crippen LogP contribution in [0.2, 0.25) is 5.02 Å². The number of hydrogen-bond acceptors (Lipinski definition) is 3. The minimum absolute atomic E-state index is 0.268. The molecule has 0 saturated carbocycles. The molecule has 2 rings (SSSR count). The third kappa shape index (κ3) is 1.07. The monoisotopic (exact) mass is 220 g/mol. The van der Waals surface area contributed by atoms with Crippen molar-refractivity contribution in [2.75, 3.05) is 0 Å². The van der Waals surface area contributed by atoms with Crippen LogP contribution in [0.1, 0.15) is 9.67 Å². The normalized spacial score (nSPS) is 10.8. The van der Waals surface area contributed by atoms with Crippen LogP contribution in [-0.2, 0) is 0 Å². The molecule has 0 aliphatic rings. The van der Waals surface area contributed by atoms with Crippen LogP contribution in [0, 0.1) is 5.13 Å². The van der Waals surface area contributed by atoms with E-state index in [1.54, 1.807) is 0 Å². The van der Waals surface area contributed by atoms with Crippen molar-refractivity contribution in [1.29, 1.82) is 0 Å². The van der Waals surface area contributed by atoms with E-state index in [1.807, 2.05) is 0 Å². The van der Waals surface area contributed by atoms with E-state index in [9.17, 15) is 9.18 Å². The highest BCUT2D eigenvalue weighted by atomic mass is 35.5. The second-order valence-corrected chi connectivity index (χ2v) is 4.61. The molecule has 0 fully saturated rings. The number of carbonyl (C=O) groups excluding carboxylic acids is 1. The maximum absolute atomic E-state index is 12.6. The SMILES string of the molecule is O=Cc1sc2cc(F)sc2c1Cl. The van der Waals surface area contributed by atoms with Crippen molar-refractivity contribution in [3.8, 4) is 0 Å². The van der Waals surface area contributed by atoms with Gasteiger partial charge in [0.25, 0.3) is 0 Å². The lowest BCUT2D eigenvalue weighted by Gasteiger charge is -1.80. The van der Waals surface area contributed by atoms with Gasteiger partial charge in [0.1, 0.15) is 0 Å². The van der Waals surface area contributed by atoms with Crippen LogP contribution in [-0.4, -0.2) is 6.29 Å². The predicted molar refractivity (Wildman–Crippen MR) is 50.1 cm³/mol. The second kappa shape index (κ2) is 2.80. The maximum Gasteiger partial charge on any atom is 0.178 e. The molecule has 1 nitrogen and oxygen atoms in total. The van der Waals surface area contributed by atoms with Gasteiger partial charge in [-0.1, -0.05) is 11.6 Å². The first-order valence-electron chi connectivity index (χ1n) is 3.05. The minimum atomic E-state index is -0.268. The van der Waals surface area contributed by atoms with Crippen molar-refractivity contribution in [2.45, 2.75) is 0 Å². The quantitative estimate of drug-likeness (QED) is 0.672. The Bertz CT molecular complexity index is 445. The lowest BCUT2D eigenvalue weighted by Crippen LogP contribution is -1.68. The van der Waals surface area contributed by atoms with E-state index in [1.165, 1.54) is 17.4 Å². The van der Waals surface area contributed by atoms with Crippen LogP contribution < -0.4 is 0 Å². The molecule has 0 N–H and O–H groups in total. The molecule has 0 aliphatic heterocycles. The third-order valence-electron chi connectivity index (χ3n) is 1.41. The number of carbonyl (C=O) groups is 1. The Balaban J connectivity index is 2.82. The zero-order valence-corrected chi connectivity index (χ0v) is 8.02. The topological polar surface area (TPSA) is 17.1 Å². The summed E-state index contributed by atoms with van der Waals surface area (Å²) in [5, 5.41) is 0.106. The van der Waals surface area contributed by atoms with Crippen molar-refractivity contribution >= 4 is 50.0 Å². The molecule has 2 aromatic heterocycles. The van der Waals surface area contributed by atoms with Crippen LogP contribution in [0.5, 0.6) is 0 Å². The second-order valence-electron chi connectivity index (χ2n) is 2.14. The first-order chi connectivity index (χ1) is 5.72. The molecule has 0 unspecified atom stereocenters. The fourth-order valence-corrected chi connectivity index (χ4v) is 3.31. The molecule has 0 saturated heterocycles. The van der Waals surface area contributed by atoms with Crippen LogP contribution in [0.25, 0.3) is 9.40 Å². The molecule has 0 aromatic carbocycles. The summed E-state index contributed by atoms with van der Waals surface area (Å²) in [6, 6.07) is 1.39. The Hall–Kier alpha value is -0.450. The highest BCUT2D eigenvalue weighted by Crippen LogP contribution is 2.39. The molecular weight excluding hydrogens is 219 g/mol. The van der Waals surface area contributed by atoms with Gasteiger partial charge in [0, 0.05) is 6.07 Å². The molecule has 0 amide bonds. The standard InChI is InChI=1S/C7H2ClFOS2/c8-6-4(2-10)11-3-1-5(9)12-7(3)6/h1-2H.